The molecule has 2 fully saturated rings. The van der Waals surface area contributed by atoms with Gasteiger partial charge in [0.1, 0.15) is 11.6 Å². The smallest absolute Gasteiger partial charge is 0.315 e. The highest BCUT2D eigenvalue weighted by atomic mass is 16.2. The lowest BCUT2D eigenvalue weighted by molar-refractivity contribution is 0.234. The lowest BCUT2D eigenvalue weighted by atomic mass is 10.1. The zero-order valence-corrected chi connectivity index (χ0v) is 17.6. The summed E-state index contributed by atoms with van der Waals surface area (Å²) in [7, 11) is 0. The van der Waals surface area contributed by atoms with Gasteiger partial charge in [0.15, 0.2) is 0 Å². The second-order valence-electron chi connectivity index (χ2n) is 8.20. The molecule has 7 nitrogen and oxygen atoms in total. The van der Waals surface area contributed by atoms with E-state index in [2.05, 4.69) is 36.5 Å². The Bertz CT molecular complexity index is 798. The average Bonchev–Trinajstić information content (AvgIpc) is 3.09. The first-order valence-corrected chi connectivity index (χ1v) is 11.2. The summed E-state index contributed by atoms with van der Waals surface area (Å²) >= 11 is 0. The highest BCUT2D eigenvalue weighted by molar-refractivity contribution is 5.74. The molecule has 2 aliphatic heterocycles. The Kier molecular flexibility index (Phi) is 7.00. The van der Waals surface area contributed by atoms with Gasteiger partial charge in [0.05, 0.1) is 0 Å². The highest BCUT2D eigenvalue weighted by Crippen LogP contribution is 2.19. The van der Waals surface area contributed by atoms with Crippen molar-refractivity contribution in [2.75, 3.05) is 36.0 Å². The van der Waals surface area contributed by atoms with E-state index in [1.165, 1.54) is 25.7 Å². The summed E-state index contributed by atoms with van der Waals surface area (Å²) < 4.78 is 0. The van der Waals surface area contributed by atoms with E-state index in [1.54, 1.807) is 0 Å². The zero-order valence-electron chi connectivity index (χ0n) is 17.6. The fraction of sp³-hybridized carbons (Fsp3) is 0.522. The van der Waals surface area contributed by atoms with Crippen molar-refractivity contribution in [1.82, 2.24) is 20.6 Å². The largest absolute Gasteiger partial charge is 0.357 e. The Morgan fingerprint density at radius 2 is 1.63 bits per heavy atom. The maximum atomic E-state index is 12.4. The molecule has 4 heterocycles. The van der Waals surface area contributed by atoms with Crippen molar-refractivity contribution in [2.24, 2.45) is 0 Å². The number of nitrogens with zero attached hydrogens (tertiary/aromatic N) is 4. The third kappa shape index (κ3) is 5.62. The van der Waals surface area contributed by atoms with Crippen LogP contribution in [0.5, 0.6) is 0 Å². The van der Waals surface area contributed by atoms with Crippen LogP contribution in [0.2, 0.25) is 0 Å². The maximum Gasteiger partial charge on any atom is 0.315 e. The number of carbonyl (C=O) groups excluding carboxylic acids is 1. The van der Waals surface area contributed by atoms with Gasteiger partial charge in [-0.1, -0.05) is 18.9 Å². The number of piperidine rings is 1. The Morgan fingerprint density at radius 3 is 2.37 bits per heavy atom. The number of hydrogen-bond donors (Lipinski definition) is 2. The van der Waals surface area contributed by atoms with Crippen LogP contribution >= 0.6 is 0 Å². The predicted octanol–water partition coefficient (Wildman–Crippen LogP) is 3.33. The monoisotopic (exact) mass is 408 g/mol. The molecule has 0 bridgehead atoms. The molecule has 0 unspecified atom stereocenters. The number of aromatic nitrogens is 2. The summed E-state index contributed by atoms with van der Waals surface area (Å²) in [4.78, 5) is 26.0. The zero-order chi connectivity index (χ0) is 20.6. The van der Waals surface area contributed by atoms with E-state index in [9.17, 15) is 4.79 Å². The molecule has 2 aromatic rings. The van der Waals surface area contributed by atoms with Crippen molar-refractivity contribution in [2.45, 2.75) is 51.1 Å². The second kappa shape index (κ2) is 10.3. The van der Waals surface area contributed by atoms with Gasteiger partial charge in [-0.25, -0.2) is 14.8 Å². The van der Waals surface area contributed by atoms with Crippen LogP contribution in [-0.2, 0) is 6.54 Å². The van der Waals surface area contributed by atoms with Gasteiger partial charge in [0.25, 0.3) is 0 Å². The van der Waals surface area contributed by atoms with E-state index in [0.29, 0.717) is 6.54 Å². The van der Waals surface area contributed by atoms with Gasteiger partial charge >= 0.3 is 6.03 Å². The number of anilines is 2. The van der Waals surface area contributed by atoms with Gasteiger partial charge in [-0.3, -0.25) is 0 Å². The predicted molar refractivity (Wildman–Crippen MR) is 120 cm³/mol. The summed E-state index contributed by atoms with van der Waals surface area (Å²) in [6.45, 7) is 4.47. The maximum absolute atomic E-state index is 12.4. The van der Waals surface area contributed by atoms with Crippen molar-refractivity contribution in [3.63, 3.8) is 0 Å². The lowest BCUT2D eigenvalue weighted by Gasteiger charge is -2.33. The Morgan fingerprint density at radius 1 is 0.900 bits per heavy atom. The first-order chi connectivity index (χ1) is 14.8. The molecule has 2 aromatic heterocycles. The van der Waals surface area contributed by atoms with Crippen LogP contribution in [0.25, 0.3) is 0 Å². The molecule has 0 spiro atoms. The van der Waals surface area contributed by atoms with E-state index in [1.807, 2.05) is 36.7 Å². The molecule has 0 radical (unpaired) electrons. The molecule has 2 N–H and O–H groups in total. The molecule has 0 saturated carbocycles. The van der Waals surface area contributed by atoms with Gasteiger partial charge in [0.2, 0.25) is 0 Å². The summed E-state index contributed by atoms with van der Waals surface area (Å²) in [5.74, 6) is 2.04. The van der Waals surface area contributed by atoms with Crippen LogP contribution < -0.4 is 20.4 Å². The number of urea groups is 1. The minimum Gasteiger partial charge on any atom is -0.357 e. The Labute approximate surface area is 178 Å². The molecule has 30 heavy (non-hydrogen) atoms. The van der Waals surface area contributed by atoms with Crippen LogP contribution in [0.4, 0.5) is 16.4 Å². The van der Waals surface area contributed by atoms with E-state index < -0.39 is 0 Å². The minimum absolute atomic E-state index is 0.0978. The van der Waals surface area contributed by atoms with Gasteiger partial charge in [-0.15, -0.1) is 0 Å². The molecule has 0 aromatic carbocycles. The van der Waals surface area contributed by atoms with E-state index in [0.717, 1.165) is 56.2 Å². The quantitative estimate of drug-likeness (QED) is 0.794. The number of pyridine rings is 2. The number of nitrogens with one attached hydrogen (secondary N) is 2. The third-order valence-corrected chi connectivity index (χ3v) is 6.00. The van der Waals surface area contributed by atoms with Crippen molar-refractivity contribution in [3.05, 3.63) is 48.3 Å². The Balaban J connectivity index is 1.22. The number of carbonyl (C=O) groups is 1. The fourth-order valence-corrected chi connectivity index (χ4v) is 4.26. The molecule has 2 aliphatic rings. The highest BCUT2D eigenvalue weighted by Gasteiger charge is 2.21. The van der Waals surface area contributed by atoms with Gasteiger partial charge in [-0.05, 0) is 55.5 Å². The van der Waals surface area contributed by atoms with E-state index >= 15 is 0 Å². The van der Waals surface area contributed by atoms with Gasteiger partial charge in [-0.2, -0.15) is 0 Å². The standard InChI is InChI=1S/C23H32N6O/c30-23(27-20-9-15-29(16-10-20)21-7-3-4-11-24-21)26-18-19-8-12-25-22(17-19)28-13-5-1-2-6-14-28/h3-4,7-8,11-12,17,20H,1-2,5-6,9-10,13-16,18H2,(H2,26,27,30). The number of amides is 2. The molecule has 160 valence electrons. The fourth-order valence-electron chi connectivity index (χ4n) is 4.26. The first-order valence-electron chi connectivity index (χ1n) is 11.2. The summed E-state index contributed by atoms with van der Waals surface area (Å²) in [5, 5.41) is 6.13. The van der Waals surface area contributed by atoms with Crippen LogP contribution in [0.1, 0.15) is 44.1 Å². The number of hydrogen-bond acceptors (Lipinski definition) is 5. The number of rotatable bonds is 5. The van der Waals surface area contributed by atoms with Crippen LogP contribution in [0.3, 0.4) is 0 Å². The van der Waals surface area contributed by atoms with Crippen molar-refractivity contribution >= 4 is 17.7 Å². The van der Waals surface area contributed by atoms with Crippen molar-refractivity contribution in [3.8, 4) is 0 Å². The molecule has 0 aliphatic carbocycles. The summed E-state index contributed by atoms with van der Waals surface area (Å²) in [6, 6.07) is 10.2. The third-order valence-electron chi connectivity index (χ3n) is 6.00. The SMILES string of the molecule is O=C(NCc1ccnc(N2CCCCCC2)c1)NC1CCN(c2ccccn2)CC1. The molecular weight excluding hydrogens is 376 g/mol. The van der Waals surface area contributed by atoms with E-state index in [-0.39, 0.29) is 12.1 Å². The van der Waals surface area contributed by atoms with Crippen LogP contribution in [0.15, 0.2) is 42.7 Å². The molecule has 2 saturated heterocycles. The van der Waals surface area contributed by atoms with E-state index in [4.69, 9.17) is 0 Å². The summed E-state index contributed by atoms with van der Waals surface area (Å²) in [6.07, 6.45) is 10.6. The average molecular weight is 409 g/mol. The molecule has 4 rings (SSSR count). The van der Waals surface area contributed by atoms with Crippen LogP contribution in [0, 0.1) is 0 Å². The minimum atomic E-state index is -0.0978. The van der Waals surface area contributed by atoms with Gasteiger partial charge in [0, 0.05) is 51.2 Å². The van der Waals surface area contributed by atoms with Gasteiger partial charge < -0.3 is 20.4 Å². The Hall–Kier alpha value is -2.83. The molecular formula is C23H32N6O. The normalized spacial score (nSPS) is 18.0. The van der Waals surface area contributed by atoms with Crippen molar-refractivity contribution < 1.29 is 4.79 Å². The summed E-state index contributed by atoms with van der Waals surface area (Å²) in [5.41, 5.74) is 1.09. The van der Waals surface area contributed by atoms with Crippen molar-refractivity contribution in [1.29, 1.82) is 0 Å². The molecule has 0 atom stereocenters. The second-order valence-corrected chi connectivity index (χ2v) is 8.20. The lowest BCUT2D eigenvalue weighted by Crippen LogP contribution is -2.48. The topological polar surface area (TPSA) is 73.4 Å². The molecule has 7 heteroatoms. The van der Waals surface area contributed by atoms with Crippen LogP contribution in [-0.4, -0.2) is 48.2 Å². The molecule has 2 amide bonds. The first kappa shape index (κ1) is 20.4.